The van der Waals surface area contributed by atoms with Crippen LogP contribution in [-0.4, -0.2) is 55.2 Å². The number of carbonyl (C=O) groups is 2. The molecule has 0 aromatic carbocycles. The van der Waals surface area contributed by atoms with Crippen molar-refractivity contribution in [1.29, 1.82) is 5.26 Å². The molecule has 1 saturated heterocycles. The van der Waals surface area contributed by atoms with Crippen molar-refractivity contribution >= 4 is 23.0 Å². The maximum atomic E-state index is 13.0. The van der Waals surface area contributed by atoms with Gasteiger partial charge in [0.2, 0.25) is 5.91 Å². The second-order valence-corrected chi connectivity index (χ2v) is 9.48. The first-order chi connectivity index (χ1) is 16.3. The summed E-state index contributed by atoms with van der Waals surface area (Å²) in [7, 11) is 1.87. The minimum Gasteiger partial charge on any atom is -0.378 e. The molecule has 4 heterocycles. The van der Waals surface area contributed by atoms with E-state index < -0.39 is 11.3 Å². The molecule has 176 valence electrons. The zero-order valence-corrected chi connectivity index (χ0v) is 19.6. The highest BCUT2D eigenvalue weighted by atomic mass is 16.2. The smallest absolute Gasteiger partial charge is 0.252 e. The Morgan fingerprint density at radius 3 is 2.68 bits per heavy atom. The zero-order valence-electron chi connectivity index (χ0n) is 19.6. The highest BCUT2D eigenvalue weighted by Gasteiger charge is 2.54. The van der Waals surface area contributed by atoms with Crippen molar-refractivity contribution in [2.24, 2.45) is 24.1 Å². The molecule has 2 amide bonds. The van der Waals surface area contributed by atoms with Crippen LogP contribution in [0.25, 0.3) is 16.6 Å². The first-order valence-electron chi connectivity index (χ1n) is 11.5. The Morgan fingerprint density at radius 2 is 2.09 bits per heavy atom. The van der Waals surface area contributed by atoms with Gasteiger partial charge in [-0.25, -0.2) is 4.52 Å². The summed E-state index contributed by atoms with van der Waals surface area (Å²) in [5.74, 6) is -0.467. The van der Waals surface area contributed by atoms with Crippen LogP contribution in [0.5, 0.6) is 0 Å². The van der Waals surface area contributed by atoms with Gasteiger partial charge in [0.15, 0.2) is 0 Å². The molecule has 2 aliphatic rings. The van der Waals surface area contributed by atoms with E-state index in [1.165, 1.54) is 6.20 Å². The van der Waals surface area contributed by atoms with E-state index in [0.29, 0.717) is 37.2 Å². The molecular weight excluding hydrogens is 432 g/mol. The Hall–Kier alpha value is -3.87. The van der Waals surface area contributed by atoms with Crippen LogP contribution in [0.2, 0.25) is 0 Å². The van der Waals surface area contributed by atoms with Gasteiger partial charge in [0, 0.05) is 49.7 Å². The van der Waals surface area contributed by atoms with E-state index >= 15 is 0 Å². The topological polar surface area (TPSA) is 134 Å². The number of aromatic nitrogens is 4. The van der Waals surface area contributed by atoms with E-state index in [2.05, 4.69) is 28.5 Å². The summed E-state index contributed by atoms with van der Waals surface area (Å²) in [6.45, 7) is 5.10. The second kappa shape index (κ2) is 7.87. The van der Waals surface area contributed by atoms with Gasteiger partial charge in [0.1, 0.15) is 5.41 Å². The molecular formula is C24H28N8O2. The number of nitriles is 1. The van der Waals surface area contributed by atoms with E-state index in [1.807, 2.05) is 32.4 Å². The van der Waals surface area contributed by atoms with E-state index in [9.17, 15) is 14.9 Å². The number of carbonyl (C=O) groups excluding carboxylic acids is 2. The zero-order chi connectivity index (χ0) is 24.2. The van der Waals surface area contributed by atoms with Crippen LogP contribution in [-0.2, 0) is 11.8 Å². The maximum absolute atomic E-state index is 13.0. The van der Waals surface area contributed by atoms with Crippen molar-refractivity contribution in [3.63, 3.8) is 0 Å². The quantitative estimate of drug-likeness (QED) is 0.578. The van der Waals surface area contributed by atoms with Gasteiger partial charge in [-0.05, 0) is 38.2 Å². The van der Waals surface area contributed by atoms with Gasteiger partial charge in [-0.3, -0.25) is 14.3 Å². The second-order valence-electron chi connectivity index (χ2n) is 9.48. The molecule has 10 nitrogen and oxygen atoms in total. The predicted octanol–water partition coefficient (Wildman–Crippen LogP) is 2.09. The van der Waals surface area contributed by atoms with Gasteiger partial charge in [-0.2, -0.15) is 15.5 Å². The molecule has 0 unspecified atom stereocenters. The fourth-order valence-corrected chi connectivity index (χ4v) is 5.03. The Labute approximate surface area is 197 Å². The number of amides is 2. The summed E-state index contributed by atoms with van der Waals surface area (Å²) in [5.41, 5.74) is 9.31. The lowest BCUT2D eigenvalue weighted by Crippen LogP contribution is -2.36. The van der Waals surface area contributed by atoms with Gasteiger partial charge in [0.25, 0.3) is 5.91 Å². The van der Waals surface area contributed by atoms with Gasteiger partial charge >= 0.3 is 0 Å². The number of fused-ring (bicyclic) bond motifs is 1. The molecule has 1 aliphatic heterocycles. The molecule has 2 atom stereocenters. The average Bonchev–Trinajstić information content (AvgIpc) is 3.13. The van der Waals surface area contributed by atoms with Crippen LogP contribution in [0.3, 0.4) is 0 Å². The van der Waals surface area contributed by atoms with Crippen LogP contribution in [0, 0.1) is 29.6 Å². The lowest BCUT2D eigenvalue weighted by atomic mass is 10.00. The summed E-state index contributed by atoms with van der Waals surface area (Å²) in [6.07, 6.45) is 7.45. The molecule has 1 aliphatic carbocycles. The van der Waals surface area contributed by atoms with Crippen molar-refractivity contribution in [3.8, 4) is 17.2 Å². The number of anilines is 1. The monoisotopic (exact) mass is 460 g/mol. The predicted molar refractivity (Wildman–Crippen MR) is 126 cm³/mol. The largest absolute Gasteiger partial charge is 0.378 e. The van der Waals surface area contributed by atoms with E-state index in [1.54, 1.807) is 14.1 Å². The van der Waals surface area contributed by atoms with E-state index in [-0.39, 0.29) is 17.9 Å². The number of aryl methyl sites for hydroxylation is 2. The highest BCUT2D eigenvalue weighted by molar-refractivity contribution is 6.02. The summed E-state index contributed by atoms with van der Waals surface area (Å²) in [6, 6.07) is 4.10. The standard InChI is InChI=1S/C24H28N8O2/c1-4-15-9-31(23(34)24(13-25)5-6-24)12-19(15)28-21-17(22(26)33)8-27-32-10-16(7-20(21)32)18-11-30(3)29-14(18)2/h7-8,10-11,15,19,28H,4-6,9,12H2,1-3H3,(H2,26,33)/t15-,19-/m1/s1. The molecule has 2 fully saturated rings. The minimum atomic E-state index is -0.840. The first kappa shape index (κ1) is 21.9. The van der Waals surface area contributed by atoms with Crippen LogP contribution in [0.4, 0.5) is 5.69 Å². The Morgan fingerprint density at radius 1 is 1.32 bits per heavy atom. The molecule has 0 radical (unpaired) electrons. The molecule has 0 bridgehead atoms. The van der Waals surface area contributed by atoms with Crippen LogP contribution >= 0.6 is 0 Å². The molecule has 3 aromatic heterocycles. The summed E-state index contributed by atoms with van der Waals surface area (Å²) in [5, 5.41) is 21.8. The number of likely N-dealkylation sites (tertiary alicyclic amines) is 1. The Balaban J connectivity index is 1.51. The van der Waals surface area contributed by atoms with E-state index in [4.69, 9.17) is 5.73 Å². The summed E-state index contributed by atoms with van der Waals surface area (Å²) in [4.78, 5) is 27.1. The number of hydrogen-bond donors (Lipinski definition) is 2. The van der Waals surface area contributed by atoms with Gasteiger partial charge in [-0.1, -0.05) is 6.92 Å². The lowest BCUT2D eigenvalue weighted by Gasteiger charge is -2.22. The van der Waals surface area contributed by atoms with Crippen LogP contribution in [0.15, 0.2) is 24.7 Å². The van der Waals surface area contributed by atoms with Gasteiger partial charge in [-0.15, -0.1) is 0 Å². The highest BCUT2D eigenvalue weighted by Crippen LogP contribution is 2.47. The number of nitrogens with two attached hydrogens (primary N) is 1. The number of nitrogens with one attached hydrogen (secondary N) is 1. The van der Waals surface area contributed by atoms with Crippen molar-refractivity contribution in [2.45, 2.75) is 39.2 Å². The van der Waals surface area contributed by atoms with Gasteiger partial charge in [0.05, 0.1) is 34.7 Å². The molecule has 0 spiro atoms. The van der Waals surface area contributed by atoms with Crippen molar-refractivity contribution in [3.05, 3.63) is 35.9 Å². The van der Waals surface area contributed by atoms with Crippen LogP contribution in [0.1, 0.15) is 42.2 Å². The SMILES string of the molecule is CC[C@@H]1CN(C(=O)C2(C#N)CC2)C[C@H]1Nc1c(C(N)=O)cnn2cc(-c3cn(C)nc3C)cc12. The molecule has 10 heteroatoms. The lowest BCUT2D eigenvalue weighted by molar-refractivity contribution is -0.134. The van der Waals surface area contributed by atoms with Crippen molar-refractivity contribution in [1.82, 2.24) is 24.3 Å². The van der Waals surface area contributed by atoms with E-state index in [0.717, 1.165) is 28.8 Å². The Bertz CT molecular complexity index is 1340. The first-order valence-corrected chi connectivity index (χ1v) is 11.5. The molecule has 3 aromatic rings. The van der Waals surface area contributed by atoms with Crippen molar-refractivity contribution < 1.29 is 9.59 Å². The fraction of sp³-hybridized carbons (Fsp3) is 0.458. The van der Waals surface area contributed by atoms with Gasteiger partial charge < -0.3 is 16.0 Å². The normalized spacial score (nSPS) is 20.9. The average molecular weight is 461 g/mol. The summed E-state index contributed by atoms with van der Waals surface area (Å²) >= 11 is 0. The number of nitrogens with zero attached hydrogens (tertiary/aromatic N) is 6. The Kier molecular flexibility index (Phi) is 5.08. The fourth-order valence-electron chi connectivity index (χ4n) is 5.03. The third kappa shape index (κ3) is 3.48. The summed E-state index contributed by atoms with van der Waals surface area (Å²) < 4.78 is 3.49. The third-order valence-corrected chi connectivity index (χ3v) is 7.18. The number of primary amides is 1. The molecule has 1 saturated carbocycles. The molecule has 3 N–H and O–H groups in total. The number of rotatable bonds is 6. The third-order valence-electron chi connectivity index (χ3n) is 7.18. The molecule has 34 heavy (non-hydrogen) atoms. The van der Waals surface area contributed by atoms with Crippen LogP contribution < -0.4 is 11.1 Å². The molecule has 5 rings (SSSR count). The van der Waals surface area contributed by atoms with Crippen molar-refractivity contribution in [2.75, 3.05) is 18.4 Å². The minimum absolute atomic E-state index is 0.0776. The number of hydrogen-bond acceptors (Lipinski definition) is 6. The maximum Gasteiger partial charge on any atom is 0.252 e.